The quantitative estimate of drug-likeness (QED) is 0.574. The Kier molecular flexibility index (Phi) is 5.52. The number of aromatic nitrogens is 4. The number of imidazole rings is 1. The number of hydrazine groups is 1. The van der Waals surface area contributed by atoms with Gasteiger partial charge in [0.2, 0.25) is 0 Å². The molecule has 21 heavy (non-hydrogen) atoms. The predicted molar refractivity (Wildman–Crippen MR) is 83.6 cm³/mol. The molecule has 2 heterocycles. The molecular formula is C15H26N6. The number of rotatable bonds is 8. The van der Waals surface area contributed by atoms with Crippen molar-refractivity contribution in [2.75, 3.05) is 0 Å². The molecule has 2 aromatic heterocycles. The minimum atomic E-state index is 0.0238. The summed E-state index contributed by atoms with van der Waals surface area (Å²) in [6.45, 7) is 8.21. The maximum Gasteiger partial charge on any atom is 0.110 e. The van der Waals surface area contributed by atoms with Crippen LogP contribution >= 0.6 is 0 Å². The zero-order valence-electron chi connectivity index (χ0n) is 13.2. The maximum absolute atomic E-state index is 5.79. The van der Waals surface area contributed by atoms with E-state index in [0.29, 0.717) is 0 Å². The van der Waals surface area contributed by atoms with Gasteiger partial charge in [0.1, 0.15) is 5.82 Å². The van der Waals surface area contributed by atoms with E-state index in [1.54, 1.807) is 0 Å². The molecule has 116 valence electrons. The average Bonchev–Trinajstić information content (AvgIpc) is 3.11. The first kappa shape index (κ1) is 15.7. The molecular weight excluding hydrogens is 264 g/mol. The van der Waals surface area contributed by atoms with Gasteiger partial charge in [0.15, 0.2) is 0 Å². The lowest BCUT2D eigenvalue weighted by atomic mass is 10.1. The molecule has 0 radical (unpaired) electrons. The Morgan fingerprint density at radius 2 is 2.14 bits per heavy atom. The second kappa shape index (κ2) is 7.38. The number of nitrogens with two attached hydrogens (primary N) is 1. The highest BCUT2D eigenvalue weighted by atomic mass is 15.3. The molecule has 0 aliphatic carbocycles. The van der Waals surface area contributed by atoms with Gasteiger partial charge in [0, 0.05) is 31.9 Å². The Balaban J connectivity index is 2.23. The van der Waals surface area contributed by atoms with Crippen molar-refractivity contribution in [1.82, 2.24) is 24.8 Å². The number of aryl methyl sites for hydroxylation is 3. The van der Waals surface area contributed by atoms with Gasteiger partial charge in [-0.3, -0.25) is 16.0 Å². The summed E-state index contributed by atoms with van der Waals surface area (Å²) in [4.78, 5) is 4.47. The van der Waals surface area contributed by atoms with Crippen molar-refractivity contribution < 1.29 is 0 Å². The lowest BCUT2D eigenvalue weighted by molar-refractivity contribution is 0.471. The van der Waals surface area contributed by atoms with Crippen molar-refractivity contribution in [3.63, 3.8) is 0 Å². The third kappa shape index (κ3) is 3.51. The molecule has 0 spiro atoms. The van der Waals surface area contributed by atoms with E-state index in [0.717, 1.165) is 49.6 Å². The minimum Gasteiger partial charge on any atom is -0.335 e. The first-order chi connectivity index (χ1) is 10.2. The lowest BCUT2D eigenvalue weighted by Gasteiger charge is -2.17. The van der Waals surface area contributed by atoms with Crippen LogP contribution in [0.25, 0.3) is 0 Å². The highest BCUT2D eigenvalue weighted by Gasteiger charge is 2.19. The fourth-order valence-electron chi connectivity index (χ4n) is 2.60. The van der Waals surface area contributed by atoms with Gasteiger partial charge in [-0.25, -0.2) is 4.98 Å². The molecule has 2 rings (SSSR count). The second-order valence-corrected chi connectivity index (χ2v) is 5.19. The van der Waals surface area contributed by atoms with E-state index in [1.807, 2.05) is 17.1 Å². The molecule has 0 fully saturated rings. The van der Waals surface area contributed by atoms with E-state index in [1.165, 1.54) is 0 Å². The largest absolute Gasteiger partial charge is 0.335 e. The van der Waals surface area contributed by atoms with Gasteiger partial charge in [0.25, 0.3) is 0 Å². The molecule has 0 aromatic carbocycles. The van der Waals surface area contributed by atoms with E-state index in [4.69, 9.17) is 5.84 Å². The van der Waals surface area contributed by atoms with E-state index in [-0.39, 0.29) is 6.04 Å². The summed E-state index contributed by atoms with van der Waals surface area (Å²) >= 11 is 0. The summed E-state index contributed by atoms with van der Waals surface area (Å²) in [6, 6.07) is 2.16. The van der Waals surface area contributed by atoms with Crippen LogP contribution in [0.1, 0.15) is 50.4 Å². The molecule has 2 aromatic rings. The maximum atomic E-state index is 5.79. The molecule has 0 bridgehead atoms. The number of nitrogens with one attached hydrogen (secondary N) is 1. The Labute approximate surface area is 126 Å². The van der Waals surface area contributed by atoms with Crippen LogP contribution in [0.4, 0.5) is 0 Å². The second-order valence-electron chi connectivity index (χ2n) is 5.19. The number of hydrogen-bond donors (Lipinski definition) is 2. The lowest BCUT2D eigenvalue weighted by Crippen LogP contribution is -2.32. The smallest absolute Gasteiger partial charge is 0.110 e. The van der Waals surface area contributed by atoms with Gasteiger partial charge < -0.3 is 4.57 Å². The highest BCUT2D eigenvalue weighted by molar-refractivity contribution is 5.16. The monoisotopic (exact) mass is 290 g/mol. The van der Waals surface area contributed by atoms with E-state index >= 15 is 0 Å². The van der Waals surface area contributed by atoms with Gasteiger partial charge in [-0.15, -0.1) is 0 Å². The third-order valence-corrected chi connectivity index (χ3v) is 3.73. The van der Waals surface area contributed by atoms with Crippen LogP contribution in [0.15, 0.2) is 18.5 Å². The predicted octanol–water partition coefficient (Wildman–Crippen LogP) is 1.82. The van der Waals surface area contributed by atoms with Gasteiger partial charge in [-0.05, 0) is 25.8 Å². The molecule has 0 saturated carbocycles. The van der Waals surface area contributed by atoms with Crippen molar-refractivity contribution in [1.29, 1.82) is 0 Å². The zero-order chi connectivity index (χ0) is 15.2. The molecule has 0 aliphatic rings. The molecule has 0 saturated heterocycles. The van der Waals surface area contributed by atoms with E-state index < -0.39 is 0 Å². The van der Waals surface area contributed by atoms with Gasteiger partial charge in [-0.1, -0.05) is 13.8 Å². The van der Waals surface area contributed by atoms with Crippen molar-refractivity contribution in [3.05, 3.63) is 35.7 Å². The Morgan fingerprint density at radius 3 is 2.76 bits per heavy atom. The van der Waals surface area contributed by atoms with Crippen LogP contribution in [0.2, 0.25) is 0 Å². The third-order valence-electron chi connectivity index (χ3n) is 3.73. The SMILES string of the molecule is CCCn1ccnc1CC(NN)c1cc(CC)nn1CC. The standard InChI is InChI=1S/C15H26N6/c1-4-8-20-9-7-17-15(20)11-13(18-16)14-10-12(5-2)19-21(14)6-3/h7,9-10,13,18H,4-6,8,11,16H2,1-3H3. The Bertz CT molecular complexity index is 556. The fraction of sp³-hybridized carbons (Fsp3) is 0.600. The summed E-state index contributed by atoms with van der Waals surface area (Å²) in [5.41, 5.74) is 5.15. The normalized spacial score (nSPS) is 12.8. The number of hydrogen-bond acceptors (Lipinski definition) is 4. The summed E-state index contributed by atoms with van der Waals surface area (Å²) in [5.74, 6) is 6.85. The van der Waals surface area contributed by atoms with E-state index in [9.17, 15) is 0 Å². The van der Waals surface area contributed by atoms with Crippen LogP contribution in [-0.2, 0) is 25.9 Å². The van der Waals surface area contributed by atoms with Crippen molar-refractivity contribution in [2.24, 2.45) is 5.84 Å². The molecule has 0 amide bonds. The van der Waals surface area contributed by atoms with Crippen molar-refractivity contribution in [3.8, 4) is 0 Å². The van der Waals surface area contributed by atoms with Crippen LogP contribution in [-0.4, -0.2) is 19.3 Å². The van der Waals surface area contributed by atoms with Gasteiger partial charge in [0.05, 0.1) is 17.4 Å². The molecule has 0 aliphatic heterocycles. The first-order valence-corrected chi connectivity index (χ1v) is 7.76. The van der Waals surface area contributed by atoms with Crippen LogP contribution in [0.5, 0.6) is 0 Å². The van der Waals surface area contributed by atoms with Gasteiger partial charge >= 0.3 is 0 Å². The summed E-state index contributed by atoms with van der Waals surface area (Å²) < 4.78 is 4.22. The van der Waals surface area contributed by atoms with Crippen LogP contribution in [0, 0.1) is 0 Å². The average molecular weight is 290 g/mol. The van der Waals surface area contributed by atoms with Crippen molar-refractivity contribution >= 4 is 0 Å². The van der Waals surface area contributed by atoms with E-state index in [2.05, 4.69) is 46.9 Å². The zero-order valence-corrected chi connectivity index (χ0v) is 13.2. The fourth-order valence-corrected chi connectivity index (χ4v) is 2.60. The molecule has 6 nitrogen and oxygen atoms in total. The van der Waals surface area contributed by atoms with Crippen molar-refractivity contribution in [2.45, 2.75) is 59.2 Å². The Morgan fingerprint density at radius 1 is 1.33 bits per heavy atom. The number of nitrogens with zero attached hydrogens (tertiary/aromatic N) is 4. The molecule has 6 heteroatoms. The minimum absolute atomic E-state index is 0.0238. The summed E-state index contributed by atoms with van der Waals surface area (Å²) in [5, 5.41) is 4.60. The van der Waals surface area contributed by atoms with Crippen LogP contribution < -0.4 is 11.3 Å². The molecule has 1 unspecified atom stereocenters. The Hall–Kier alpha value is -1.66. The molecule has 1 atom stereocenters. The topological polar surface area (TPSA) is 73.7 Å². The highest BCUT2D eigenvalue weighted by Crippen LogP contribution is 2.19. The summed E-state index contributed by atoms with van der Waals surface area (Å²) in [7, 11) is 0. The van der Waals surface area contributed by atoms with Gasteiger partial charge in [-0.2, -0.15) is 5.10 Å². The van der Waals surface area contributed by atoms with Crippen LogP contribution in [0.3, 0.4) is 0 Å². The molecule has 3 N–H and O–H groups in total. The summed E-state index contributed by atoms with van der Waals surface area (Å²) in [6.07, 6.45) is 6.67. The first-order valence-electron chi connectivity index (χ1n) is 7.76.